The van der Waals surface area contributed by atoms with Gasteiger partial charge in [-0.2, -0.15) is 5.01 Å². The first-order valence-electron chi connectivity index (χ1n) is 7.12. The zero-order chi connectivity index (χ0) is 16.8. The van der Waals surface area contributed by atoms with E-state index in [4.69, 9.17) is 11.6 Å². The van der Waals surface area contributed by atoms with Crippen LogP contribution in [-0.4, -0.2) is 21.8 Å². The standard InChI is InChI=1S/C17H10ClN3O3/c18-9-6-7-11-12(8-9)19-14-13(15(11)22)16(23)21(17(14)24)20-10-4-2-1-3-5-10/h1-8,20H,(H,19,22). The molecule has 7 heteroatoms. The van der Waals surface area contributed by atoms with Gasteiger partial charge in [0.1, 0.15) is 11.3 Å². The van der Waals surface area contributed by atoms with Gasteiger partial charge in [-0.15, -0.1) is 0 Å². The third-order valence-electron chi connectivity index (χ3n) is 3.81. The summed E-state index contributed by atoms with van der Waals surface area (Å²) < 4.78 is 0. The van der Waals surface area contributed by atoms with Gasteiger partial charge in [0, 0.05) is 10.4 Å². The fourth-order valence-electron chi connectivity index (χ4n) is 2.69. The Morgan fingerprint density at radius 1 is 0.958 bits per heavy atom. The number of hydrazine groups is 1. The van der Waals surface area contributed by atoms with Crippen LogP contribution in [0.5, 0.6) is 0 Å². The maximum absolute atomic E-state index is 12.6. The predicted molar refractivity (Wildman–Crippen MR) is 90.1 cm³/mol. The van der Waals surface area contributed by atoms with E-state index in [2.05, 4.69) is 10.4 Å². The Kier molecular flexibility index (Phi) is 3.14. The van der Waals surface area contributed by atoms with Crippen molar-refractivity contribution in [3.05, 3.63) is 75.0 Å². The number of nitrogens with zero attached hydrogens (tertiary/aromatic N) is 1. The molecule has 0 saturated heterocycles. The van der Waals surface area contributed by atoms with Crippen LogP contribution < -0.4 is 10.9 Å². The third-order valence-corrected chi connectivity index (χ3v) is 4.05. The Balaban J connectivity index is 1.85. The summed E-state index contributed by atoms with van der Waals surface area (Å²) in [5, 5.41) is 1.56. The number of hydrogen-bond donors (Lipinski definition) is 2. The van der Waals surface area contributed by atoms with Crippen molar-refractivity contribution in [1.29, 1.82) is 0 Å². The monoisotopic (exact) mass is 339 g/mol. The number of para-hydroxylation sites is 1. The SMILES string of the molecule is O=C1c2[nH]c3cc(Cl)ccc3c(=O)c2C(=O)N1Nc1ccccc1. The minimum atomic E-state index is -0.683. The van der Waals surface area contributed by atoms with Crippen LogP contribution in [0.25, 0.3) is 10.9 Å². The van der Waals surface area contributed by atoms with E-state index in [1.54, 1.807) is 36.4 Å². The summed E-state index contributed by atoms with van der Waals surface area (Å²) >= 11 is 5.93. The van der Waals surface area contributed by atoms with E-state index < -0.39 is 17.2 Å². The summed E-state index contributed by atoms with van der Waals surface area (Å²) in [5.74, 6) is -1.30. The van der Waals surface area contributed by atoms with Crippen molar-refractivity contribution >= 4 is 40.0 Å². The van der Waals surface area contributed by atoms with Crippen molar-refractivity contribution in [2.45, 2.75) is 0 Å². The molecule has 2 heterocycles. The summed E-state index contributed by atoms with van der Waals surface area (Å²) in [5.41, 5.74) is 3.00. The van der Waals surface area contributed by atoms with E-state index in [1.165, 1.54) is 6.07 Å². The zero-order valence-corrected chi connectivity index (χ0v) is 12.9. The number of hydrogen-bond acceptors (Lipinski definition) is 4. The maximum atomic E-state index is 12.6. The molecule has 0 bridgehead atoms. The molecule has 118 valence electrons. The Morgan fingerprint density at radius 2 is 1.71 bits per heavy atom. The highest BCUT2D eigenvalue weighted by Gasteiger charge is 2.39. The van der Waals surface area contributed by atoms with Gasteiger partial charge in [0.25, 0.3) is 11.8 Å². The predicted octanol–water partition coefficient (Wildman–Crippen LogP) is 2.80. The zero-order valence-electron chi connectivity index (χ0n) is 12.2. The number of benzene rings is 2. The molecule has 0 spiro atoms. The first-order valence-corrected chi connectivity index (χ1v) is 7.50. The van der Waals surface area contributed by atoms with E-state index in [1.807, 2.05) is 6.07 Å². The van der Waals surface area contributed by atoms with Crippen molar-refractivity contribution in [3.8, 4) is 0 Å². The van der Waals surface area contributed by atoms with Gasteiger partial charge in [-0.25, -0.2) is 0 Å². The molecule has 0 radical (unpaired) electrons. The fourth-order valence-corrected chi connectivity index (χ4v) is 2.86. The Bertz CT molecular complexity index is 1060. The first kappa shape index (κ1) is 14.5. The van der Waals surface area contributed by atoms with Crippen molar-refractivity contribution in [3.63, 3.8) is 0 Å². The van der Waals surface area contributed by atoms with Crippen LogP contribution in [-0.2, 0) is 0 Å². The summed E-state index contributed by atoms with van der Waals surface area (Å²) in [4.78, 5) is 40.5. The molecule has 0 atom stereocenters. The van der Waals surface area contributed by atoms with Crippen molar-refractivity contribution < 1.29 is 9.59 Å². The largest absolute Gasteiger partial charge is 0.350 e. The van der Waals surface area contributed by atoms with Gasteiger partial charge in [-0.3, -0.25) is 19.8 Å². The van der Waals surface area contributed by atoms with Gasteiger partial charge < -0.3 is 4.98 Å². The van der Waals surface area contributed by atoms with Crippen molar-refractivity contribution in [2.24, 2.45) is 0 Å². The second-order valence-corrected chi connectivity index (χ2v) is 5.75. The first-order chi connectivity index (χ1) is 11.6. The lowest BCUT2D eigenvalue weighted by Gasteiger charge is -2.15. The molecule has 0 unspecified atom stereocenters. The minimum absolute atomic E-state index is 0.0387. The number of aromatic nitrogens is 1. The molecule has 2 amide bonds. The van der Waals surface area contributed by atoms with Crippen LogP contribution >= 0.6 is 11.6 Å². The molecule has 2 aromatic carbocycles. The number of anilines is 1. The Hall–Kier alpha value is -3.12. The molecule has 3 aromatic rings. The topological polar surface area (TPSA) is 82.3 Å². The number of carbonyl (C=O) groups excluding carboxylic acids is 2. The molecular formula is C17H10ClN3O3. The van der Waals surface area contributed by atoms with E-state index in [0.29, 0.717) is 21.6 Å². The van der Waals surface area contributed by atoms with Crippen LogP contribution in [0, 0.1) is 0 Å². The minimum Gasteiger partial charge on any atom is -0.350 e. The lowest BCUT2D eigenvalue weighted by molar-refractivity contribution is 0.0689. The summed E-state index contributed by atoms with van der Waals surface area (Å²) in [6, 6.07) is 13.4. The molecule has 1 aromatic heterocycles. The van der Waals surface area contributed by atoms with E-state index >= 15 is 0 Å². The highest BCUT2D eigenvalue weighted by Crippen LogP contribution is 2.23. The van der Waals surface area contributed by atoms with Crippen molar-refractivity contribution in [2.75, 3.05) is 5.43 Å². The molecule has 1 aliphatic heterocycles. The molecule has 2 N–H and O–H groups in total. The van der Waals surface area contributed by atoms with Gasteiger partial charge in [0.05, 0.1) is 11.2 Å². The molecule has 4 rings (SSSR count). The average molecular weight is 340 g/mol. The average Bonchev–Trinajstić information content (AvgIpc) is 2.81. The molecule has 1 aliphatic rings. The van der Waals surface area contributed by atoms with Crippen LogP contribution in [0.4, 0.5) is 5.69 Å². The molecule has 0 aliphatic carbocycles. The number of pyridine rings is 1. The number of H-pyrrole nitrogens is 1. The van der Waals surface area contributed by atoms with E-state index in [9.17, 15) is 14.4 Å². The van der Waals surface area contributed by atoms with E-state index in [-0.39, 0.29) is 11.3 Å². The van der Waals surface area contributed by atoms with Crippen molar-refractivity contribution in [1.82, 2.24) is 9.99 Å². The smallest absolute Gasteiger partial charge is 0.297 e. The Labute approximate surface area is 140 Å². The number of nitrogens with one attached hydrogen (secondary N) is 2. The summed E-state index contributed by atoms with van der Waals surface area (Å²) in [7, 11) is 0. The molecular weight excluding hydrogens is 330 g/mol. The highest BCUT2D eigenvalue weighted by molar-refractivity contribution is 6.31. The molecule has 24 heavy (non-hydrogen) atoms. The van der Waals surface area contributed by atoms with Gasteiger partial charge >= 0.3 is 0 Å². The second kappa shape index (κ2) is 5.21. The number of aromatic amines is 1. The van der Waals surface area contributed by atoms with Gasteiger partial charge in [-0.05, 0) is 30.3 Å². The van der Waals surface area contributed by atoms with Crippen LogP contribution in [0.2, 0.25) is 5.02 Å². The highest BCUT2D eigenvalue weighted by atomic mass is 35.5. The molecule has 0 fully saturated rings. The van der Waals surface area contributed by atoms with Gasteiger partial charge in [0.2, 0.25) is 5.43 Å². The fraction of sp³-hybridized carbons (Fsp3) is 0. The Morgan fingerprint density at radius 3 is 2.46 bits per heavy atom. The summed E-state index contributed by atoms with van der Waals surface area (Å²) in [6.07, 6.45) is 0. The molecule has 6 nitrogen and oxygen atoms in total. The van der Waals surface area contributed by atoms with E-state index in [0.717, 1.165) is 5.01 Å². The number of imide groups is 1. The van der Waals surface area contributed by atoms with Crippen LogP contribution in [0.3, 0.4) is 0 Å². The number of rotatable bonds is 2. The maximum Gasteiger partial charge on any atom is 0.297 e. The summed E-state index contributed by atoms with van der Waals surface area (Å²) in [6.45, 7) is 0. The number of carbonyl (C=O) groups is 2. The number of fused-ring (bicyclic) bond motifs is 2. The van der Waals surface area contributed by atoms with Gasteiger partial charge in [0.15, 0.2) is 0 Å². The number of amides is 2. The van der Waals surface area contributed by atoms with Crippen LogP contribution in [0.1, 0.15) is 20.8 Å². The van der Waals surface area contributed by atoms with Crippen LogP contribution in [0.15, 0.2) is 53.3 Å². The lowest BCUT2D eigenvalue weighted by Crippen LogP contribution is -2.36. The molecule has 0 saturated carbocycles. The lowest BCUT2D eigenvalue weighted by atomic mass is 10.1. The normalized spacial score (nSPS) is 13.5. The third kappa shape index (κ3) is 2.08. The van der Waals surface area contributed by atoms with Gasteiger partial charge in [-0.1, -0.05) is 29.8 Å². The quantitative estimate of drug-likeness (QED) is 0.703. The second-order valence-electron chi connectivity index (χ2n) is 5.32. The number of halogens is 1.